The lowest BCUT2D eigenvalue weighted by Gasteiger charge is -2.13. The van der Waals surface area contributed by atoms with Crippen LogP contribution in [0.5, 0.6) is 5.75 Å². The largest absolute Gasteiger partial charge is 0.506 e. The minimum atomic E-state index is -4.67. The van der Waals surface area contributed by atoms with Crippen LogP contribution in [0.3, 0.4) is 0 Å². The van der Waals surface area contributed by atoms with Gasteiger partial charge in [-0.15, -0.1) is 0 Å². The standard InChI is InChI=1S/C22H17F4N5O2/c23-15-2-3-17-14(6-8-31(17)11-12-5-7-28-19(27)9-12)20(15)30-21(33)29-16-10-13(22(24,25)26)1-4-18(16)32/h1-10,32H,11H2,(H2,27,28)(H2,29,30,33). The Labute approximate surface area is 184 Å². The second-order valence-electron chi connectivity index (χ2n) is 7.20. The zero-order valence-electron chi connectivity index (χ0n) is 16.8. The van der Waals surface area contributed by atoms with Crippen LogP contribution in [0.1, 0.15) is 11.1 Å². The molecule has 0 spiro atoms. The number of halogens is 4. The Kier molecular flexibility index (Phi) is 5.54. The van der Waals surface area contributed by atoms with E-state index in [1.165, 1.54) is 6.07 Å². The molecule has 7 nitrogen and oxygen atoms in total. The van der Waals surface area contributed by atoms with Gasteiger partial charge in [-0.25, -0.2) is 14.2 Å². The van der Waals surface area contributed by atoms with Gasteiger partial charge in [0, 0.05) is 24.3 Å². The molecule has 2 aromatic carbocycles. The number of carbonyl (C=O) groups excluding carboxylic acids is 1. The van der Waals surface area contributed by atoms with Crippen LogP contribution in [0, 0.1) is 5.82 Å². The molecule has 11 heteroatoms. The van der Waals surface area contributed by atoms with Crippen molar-refractivity contribution in [3.8, 4) is 5.75 Å². The van der Waals surface area contributed by atoms with Gasteiger partial charge in [0.2, 0.25) is 0 Å². The van der Waals surface area contributed by atoms with Gasteiger partial charge in [0.1, 0.15) is 17.4 Å². The predicted octanol–water partition coefficient (Wildman–Crippen LogP) is 5.17. The topological polar surface area (TPSA) is 105 Å². The molecule has 5 N–H and O–H groups in total. The number of amides is 2. The normalized spacial score (nSPS) is 11.5. The minimum absolute atomic E-state index is 0.163. The lowest BCUT2D eigenvalue weighted by Crippen LogP contribution is -2.21. The molecule has 2 aromatic heterocycles. The summed E-state index contributed by atoms with van der Waals surface area (Å²) in [5.41, 5.74) is 5.47. The van der Waals surface area contributed by atoms with Crippen LogP contribution in [-0.4, -0.2) is 20.7 Å². The van der Waals surface area contributed by atoms with Gasteiger partial charge in [0.25, 0.3) is 0 Å². The molecule has 0 radical (unpaired) electrons. The maximum atomic E-state index is 14.5. The number of alkyl halides is 3. The Morgan fingerprint density at radius 1 is 1.09 bits per heavy atom. The summed E-state index contributed by atoms with van der Waals surface area (Å²) >= 11 is 0. The van der Waals surface area contributed by atoms with Crippen LogP contribution in [0.2, 0.25) is 0 Å². The molecule has 4 rings (SSSR count). The molecule has 0 aliphatic rings. The number of nitrogens with one attached hydrogen (secondary N) is 2. The number of phenolic OH excluding ortho intramolecular Hbond substituents is 1. The number of nitrogens with zero attached hydrogens (tertiary/aromatic N) is 2. The van der Waals surface area contributed by atoms with Crippen molar-refractivity contribution in [2.75, 3.05) is 16.4 Å². The van der Waals surface area contributed by atoms with Gasteiger partial charge >= 0.3 is 12.2 Å². The molecular formula is C22H17F4N5O2. The van der Waals surface area contributed by atoms with Crippen molar-refractivity contribution in [3.63, 3.8) is 0 Å². The summed E-state index contributed by atoms with van der Waals surface area (Å²) in [4.78, 5) is 16.4. The van der Waals surface area contributed by atoms with Crippen molar-refractivity contribution < 1.29 is 27.5 Å². The zero-order valence-corrected chi connectivity index (χ0v) is 16.8. The molecule has 170 valence electrons. The third-order valence-electron chi connectivity index (χ3n) is 4.91. The van der Waals surface area contributed by atoms with Crippen LogP contribution in [0.4, 0.5) is 39.5 Å². The van der Waals surface area contributed by atoms with Gasteiger partial charge in [-0.3, -0.25) is 0 Å². The summed E-state index contributed by atoms with van der Waals surface area (Å²) in [6.45, 7) is 0.408. The highest BCUT2D eigenvalue weighted by Crippen LogP contribution is 2.35. The highest BCUT2D eigenvalue weighted by Gasteiger charge is 2.31. The molecule has 0 unspecified atom stereocenters. The second kappa shape index (κ2) is 8.34. The number of nitrogens with two attached hydrogens (primary N) is 1. The fraction of sp³-hybridized carbons (Fsp3) is 0.0909. The van der Waals surface area contributed by atoms with E-state index in [9.17, 15) is 27.5 Å². The number of aromatic hydroxyl groups is 1. The molecule has 0 fully saturated rings. The number of phenols is 1. The minimum Gasteiger partial charge on any atom is -0.506 e. The van der Waals surface area contributed by atoms with Gasteiger partial charge in [-0.1, -0.05) is 0 Å². The van der Waals surface area contributed by atoms with E-state index < -0.39 is 35.0 Å². The van der Waals surface area contributed by atoms with Crippen molar-refractivity contribution in [3.05, 3.63) is 77.9 Å². The van der Waals surface area contributed by atoms with Gasteiger partial charge in [0.05, 0.1) is 22.5 Å². The number of benzene rings is 2. The molecule has 0 aliphatic carbocycles. The number of pyridine rings is 1. The summed E-state index contributed by atoms with van der Waals surface area (Å²) in [5, 5.41) is 14.6. The smallest absolute Gasteiger partial charge is 0.416 e. The molecule has 33 heavy (non-hydrogen) atoms. The maximum absolute atomic E-state index is 14.5. The van der Waals surface area contributed by atoms with E-state index in [1.54, 1.807) is 30.6 Å². The molecular weight excluding hydrogens is 442 g/mol. The Morgan fingerprint density at radius 2 is 1.88 bits per heavy atom. The third kappa shape index (κ3) is 4.66. The molecule has 0 saturated carbocycles. The quantitative estimate of drug-likeness (QED) is 0.249. The molecule has 0 atom stereocenters. The number of hydrogen-bond donors (Lipinski definition) is 4. The van der Waals surface area contributed by atoms with Crippen molar-refractivity contribution in [1.29, 1.82) is 0 Å². The fourth-order valence-corrected chi connectivity index (χ4v) is 3.38. The molecule has 0 bridgehead atoms. The Bertz CT molecular complexity index is 1350. The lowest BCUT2D eigenvalue weighted by molar-refractivity contribution is -0.137. The molecule has 4 aromatic rings. The number of fused-ring (bicyclic) bond motifs is 1. The molecule has 0 aliphatic heterocycles. The summed E-state index contributed by atoms with van der Waals surface area (Å²) in [6.07, 6.45) is -1.40. The number of anilines is 3. The van der Waals surface area contributed by atoms with E-state index in [1.807, 2.05) is 4.57 Å². The number of hydrogen-bond acceptors (Lipinski definition) is 4. The number of carbonyl (C=O) groups is 1. The lowest BCUT2D eigenvalue weighted by atomic mass is 10.2. The number of aromatic nitrogens is 2. The summed E-state index contributed by atoms with van der Waals surface area (Å²) in [6, 6.07) is 8.83. The van der Waals surface area contributed by atoms with Crippen LogP contribution in [0.15, 0.2) is 60.9 Å². The van der Waals surface area contributed by atoms with E-state index in [4.69, 9.17) is 5.73 Å². The van der Waals surface area contributed by atoms with Crippen LogP contribution in [0.25, 0.3) is 10.9 Å². The molecule has 2 amide bonds. The van der Waals surface area contributed by atoms with Gasteiger partial charge in [-0.2, -0.15) is 13.2 Å². The van der Waals surface area contributed by atoms with Gasteiger partial charge in [0.15, 0.2) is 0 Å². The Hall–Kier alpha value is -4.28. The summed E-state index contributed by atoms with van der Waals surface area (Å²) in [7, 11) is 0. The highest BCUT2D eigenvalue weighted by atomic mass is 19.4. The second-order valence-corrected chi connectivity index (χ2v) is 7.20. The molecule has 2 heterocycles. The maximum Gasteiger partial charge on any atom is 0.416 e. The van der Waals surface area contributed by atoms with Crippen LogP contribution >= 0.6 is 0 Å². The fourth-order valence-electron chi connectivity index (χ4n) is 3.38. The Morgan fingerprint density at radius 3 is 2.61 bits per heavy atom. The molecule has 0 saturated heterocycles. The first-order valence-electron chi connectivity index (χ1n) is 9.58. The van der Waals surface area contributed by atoms with Gasteiger partial charge in [-0.05, 0) is 54.1 Å². The van der Waals surface area contributed by atoms with Crippen molar-refractivity contribution >= 4 is 34.1 Å². The average molecular weight is 459 g/mol. The van der Waals surface area contributed by atoms with Crippen molar-refractivity contribution in [2.45, 2.75) is 12.7 Å². The summed E-state index contributed by atoms with van der Waals surface area (Å²) in [5.74, 6) is -0.955. The first-order valence-corrected chi connectivity index (χ1v) is 9.58. The number of nitrogen functional groups attached to an aromatic ring is 1. The van der Waals surface area contributed by atoms with E-state index >= 15 is 0 Å². The Balaban J connectivity index is 1.59. The van der Waals surface area contributed by atoms with E-state index in [0.717, 1.165) is 17.7 Å². The summed E-state index contributed by atoms with van der Waals surface area (Å²) < 4.78 is 55.1. The van der Waals surface area contributed by atoms with Crippen molar-refractivity contribution in [2.24, 2.45) is 0 Å². The SMILES string of the molecule is Nc1cc(Cn2ccc3c(NC(=O)Nc4cc(C(F)(F)F)ccc4O)c(F)ccc32)ccn1. The van der Waals surface area contributed by atoms with Crippen LogP contribution in [-0.2, 0) is 12.7 Å². The average Bonchev–Trinajstić information content (AvgIpc) is 3.14. The monoisotopic (exact) mass is 459 g/mol. The predicted molar refractivity (Wildman–Crippen MR) is 115 cm³/mol. The first kappa shape index (κ1) is 21.9. The number of rotatable bonds is 4. The van der Waals surface area contributed by atoms with E-state index in [0.29, 0.717) is 35.4 Å². The van der Waals surface area contributed by atoms with Gasteiger partial charge < -0.3 is 26.0 Å². The van der Waals surface area contributed by atoms with E-state index in [-0.39, 0.29) is 5.69 Å². The van der Waals surface area contributed by atoms with E-state index in [2.05, 4.69) is 15.6 Å². The third-order valence-corrected chi connectivity index (χ3v) is 4.91. The van der Waals surface area contributed by atoms with Crippen molar-refractivity contribution in [1.82, 2.24) is 9.55 Å². The highest BCUT2D eigenvalue weighted by molar-refractivity contribution is 6.06. The van der Waals surface area contributed by atoms with Crippen LogP contribution < -0.4 is 16.4 Å². The number of urea groups is 1. The first-order chi connectivity index (χ1) is 15.6. The zero-order chi connectivity index (χ0) is 23.8.